The molecule has 5 rings (SSSR count). The normalized spacial score (nSPS) is 17.3. The van der Waals surface area contributed by atoms with Gasteiger partial charge in [0.1, 0.15) is 17.3 Å². The first-order valence-corrected chi connectivity index (χ1v) is 11.4. The van der Waals surface area contributed by atoms with E-state index in [1.807, 2.05) is 24.3 Å². The number of nitrogens with one attached hydrogen (secondary N) is 1. The van der Waals surface area contributed by atoms with Gasteiger partial charge >= 0.3 is 0 Å². The van der Waals surface area contributed by atoms with Crippen LogP contribution in [-0.4, -0.2) is 70.0 Å². The summed E-state index contributed by atoms with van der Waals surface area (Å²) in [5.41, 5.74) is 0.701. The van der Waals surface area contributed by atoms with Gasteiger partial charge in [0.2, 0.25) is 5.91 Å². The Morgan fingerprint density at radius 1 is 1.00 bits per heavy atom. The molecule has 32 heavy (non-hydrogen) atoms. The van der Waals surface area contributed by atoms with Crippen molar-refractivity contribution in [3.8, 4) is 0 Å². The molecule has 2 aliphatic rings. The van der Waals surface area contributed by atoms with Gasteiger partial charge in [0.05, 0.1) is 26.3 Å². The van der Waals surface area contributed by atoms with Gasteiger partial charge < -0.3 is 19.4 Å². The number of anilines is 1. The number of fused-ring (bicyclic) bond motifs is 1. The molecule has 2 saturated heterocycles. The molecule has 0 atom stereocenters. The van der Waals surface area contributed by atoms with E-state index in [0.29, 0.717) is 30.9 Å². The van der Waals surface area contributed by atoms with E-state index in [1.165, 1.54) is 12.8 Å². The van der Waals surface area contributed by atoms with Gasteiger partial charge in [-0.25, -0.2) is 0 Å². The van der Waals surface area contributed by atoms with E-state index in [1.54, 1.807) is 4.52 Å². The van der Waals surface area contributed by atoms with E-state index in [-0.39, 0.29) is 5.91 Å². The number of carbonyl (C=O) groups excluding carboxylic acids is 1. The van der Waals surface area contributed by atoms with E-state index >= 15 is 0 Å². The molecule has 10 nitrogen and oxygen atoms in total. The lowest BCUT2D eigenvalue weighted by Crippen LogP contribution is -2.35. The first-order valence-electron chi connectivity index (χ1n) is 11.4. The van der Waals surface area contributed by atoms with Crippen LogP contribution in [0.3, 0.4) is 0 Å². The maximum absolute atomic E-state index is 12.4. The van der Waals surface area contributed by atoms with Crippen molar-refractivity contribution >= 4 is 17.4 Å². The number of rotatable bonds is 8. The van der Waals surface area contributed by atoms with E-state index in [4.69, 9.17) is 14.3 Å². The number of amides is 1. The molecule has 3 aromatic heterocycles. The Balaban J connectivity index is 1.12. The highest BCUT2D eigenvalue weighted by Gasteiger charge is 2.17. The molecule has 1 N–H and O–H groups in total. The van der Waals surface area contributed by atoms with Crippen LogP contribution in [-0.2, 0) is 29.0 Å². The average Bonchev–Trinajstić information content (AvgIpc) is 3.58. The monoisotopic (exact) mass is 439 g/mol. The van der Waals surface area contributed by atoms with Crippen molar-refractivity contribution in [1.82, 2.24) is 30.0 Å². The molecule has 0 aliphatic carbocycles. The number of morpholine rings is 1. The summed E-state index contributed by atoms with van der Waals surface area (Å²) in [7, 11) is 0. The molecule has 3 aromatic rings. The van der Waals surface area contributed by atoms with Crippen molar-refractivity contribution in [2.45, 2.75) is 38.8 Å². The van der Waals surface area contributed by atoms with Gasteiger partial charge in [0, 0.05) is 39.0 Å². The minimum absolute atomic E-state index is 0.0522. The topological polar surface area (TPSA) is 101 Å². The van der Waals surface area contributed by atoms with Crippen LogP contribution >= 0.6 is 0 Å². The van der Waals surface area contributed by atoms with E-state index < -0.39 is 0 Å². The highest BCUT2D eigenvalue weighted by atomic mass is 16.5. The van der Waals surface area contributed by atoms with E-state index in [0.717, 1.165) is 63.3 Å². The minimum atomic E-state index is -0.0522. The number of ether oxygens (including phenoxy) is 1. The summed E-state index contributed by atoms with van der Waals surface area (Å²) in [5, 5.41) is 16.0. The predicted octanol–water partition coefficient (Wildman–Crippen LogP) is 1.40. The molecular formula is C22H29N7O3. The molecular weight excluding hydrogens is 410 g/mol. The Hall–Kier alpha value is -2.98. The number of aromatic nitrogens is 4. The van der Waals surface area contributed by atoms with Crippen LogP contribution in [0.5, 0.6) is 0 Å². The minimum Gasteiger partial charge on any atom is -0.463 e. The standard InChI is InChI=1S/C22H29N7O3/c30-22(23-15-17-3-4-18(32-17)16-27-11-13-31-14-12-27)8-7-20-25-24-19-5-6-21(26-29(19)20)28-9-1-2-10-28/h3-6H,1-2,7-16H2,(H,23,30). The third kappa shape index (κ3) is 4.91. The molecule has 0 unspecified atom stereocenters. The zero-order chi connectivity index (χ0) is 21.8. The Morgan fingerprint density at radius 3 is 2.66 bits per heavy atom. The highest BCUT2D eigenvalue weighted by Crippen LogP contribution is 2.18. The average molecular weight is 440 g/mol. The van der Waals surface area contributed by atoms with Crippen molar-refractivity contribution in [2.24, 2.45) is 0 Å². The second-order valence-electron chi connectivity index (χ2n) is 8.31. The van der Waals surface area contributed by atoms with Gasteiger partial charge in [0.25, 0.3) is 0 Å². The van der Waals surface area contributed by atoms with Crippen molar-refractivity contribution in [1.29, 1.82) is 0 Å². The molecule has 2 fully saturated rings. The first-order chi connectivity index (χ1) is 15.7. The van der Waals surface area contributed by atoms with Crippen LogP contribution in [0, 0.1) is 0 Å². The molecule has 0 radical (unpaired) electrons. The lowest BCUT2D eigenvalue weighted by Gasteiger charge is -2.25. The number of furan rings is 1. The Labute approximate surface area is 186 Å². The summed E-state index contributed by atoms with van der Waals surface area (Å²) in [6.07, 6.45) is 3.18. The van der Waals surface area contributed by atoms with Crippen LogP contribution < -0.4 is 10.2 Å². The predicted molar refractivity (Wildman–Crippen MR) is 117 cm³/mol. The fourth-order valence-corrected chi connectivity index (χ4v) is 4.18. The number of carbonyl (C=O) groups is 1. The SMILES string of the molecule is O=C(CCc1nnc2ccc(N3CCCC3)nn12)NCc1ccc(CN2CCOCC2)o1. The summed E-state index contributed by atoms with van der Waals surface area (Å²) in [4.78, 5) is 17.0. The van der Waals surface area contributed by atoms with E-state index in [2.05, 4.69) is 25.3 Å². The first kappa shape index (κ1) is 20.9. The largest absolute Gasteiger partial charge is 0.463 e. The zero-order valence-electron chi connectivity index (χ0n) is 18.2. The van der Waals surface area contributed by atoms with Gasteiger partial charge in [-0.15, -0.1) is 15.3 Å². The summed E-state index contributed by atoms with van der Waals surface area (Å²) in [6, 6.07) is 7.82. The Bertz CT molecular complexity index is 1050. The van der Waals surface area contributed by atoms with Gasteiger partial charge in [-0.3, -0.25) is 9.69 Å². The van der Waals surface area contributed by atoms with Crippen LogP contribution in [0.1, 0.15) is 36.6 Å². The maximum Gasteiger partial charge on any atom is 0.220 e. The van der Waals surface area contributed by atoms with Crippen molar-refractivity contribution in [2.75, 3.05) is 44.3 Å². The fourth-order valence-electron chi connectivity index (χ4n) is 4.18. The van der Waals surface area contributed by atoms with Crippen molar-refractivity contribution in [3.05, 3.63) is 41.6 Å². The van der Waals surface area contributed by atoms with Crippen LogP contribution in [0.4, 0.5) is 5.82 Å². The maximum atomic E-state index is 12.4. The number of hydrogen-bond donors (Lipinski definition) is 1. The third-order valence-corrected chi connectivity index (χ3v) is 5.98. The molecule has 1 amide bonds. The van der Waals surface area contributed by atoms with Gasteiger partial charge in [0.15, 0.2) is 11.5 Å². The van der Waals surface area contributed by atoms with Gasteiger partial charge in [-0.05, 0) is 37.1 Å². The summed E-state index contributed by atoms with van der Waals surface area (Å²) < 4.78 is 13.0. The van der Waals surface area contributed by atoms with Crippen molar-refractivity contribution < 1.29 is 13.9 Å². The lowest BCUT2D eigenvalue weighted by atomic mass is 10.3. The lowest BCUT2D eigenvalue weighted by molar-refractivity contribution is -0.121. The molecule has 0 aromatic carbocycles. The van der Waals surface area contributed by atoms with Gasteiger partial charge in [-0.2, -0.15) is 4.52 Å². The fraction of sp³-hybridized carbons (Fsp3) is 0.545. The van der Waals surface area contributed by atoms with Crippen LogP contribution in [0.2, 0.25) is 0 Å². The molecule has 0 bridgehead atoms. The quantitative estimate of drug-likeness (QED) is 0.562. The molecule has 170 valence electrons. The Kier molecular flexibility index (Phi) is 6.31. The van der Waals surface area contributed by atoms with Crippen LogP contribution in [0.15, 0.2) is 28.7 Å². The summed E-state index contributed by atoms with van der Waals surface area (Å²) >= 11 is 0. The summed E-state index contributed by atoms with van der Waals surface area (Å²) in [6.45, 7) is 6.55. The smallest absolute Gasteiger partial charge is 0.220 e. The number of hydrogen-bond acceptors (Lipinski definition) is 8. The summed E-state index contributed by atoms with van der Waals surface area (Å²) in [5.74, 6) is 3.24. The molecule has 2 aliphatic heterocycles. The van der Waals surface area contributed by atoms with Gasteiger partial charge in [-0.1, -0.05) is 0 Å². The second kappa shape index (κ2) is 9.66. The van der Waals surface area contributed by atoms with Crippen molar-refractivity contribution in [3.63, 3.8) is 0 Å². The zero-order valence-corrected chi connectivity index (χ0v) is 18.2. The second-order valence-corrected chi connectivity index (χ2v) is 8.31. The molecule has 5 heterocycles. The van der Waals surface area contributed by atoms with Crippen LogP contribution in [0.25, 0.3) is 5.65 Å². The Morgan fingerprint density at radius 2 is 1.81 bits per heavy atom. The number of aryl methyl sites for hydroxylation is 1. The third-order valence-electron chi connectivity index (χ3n) is 5.98. The molecule has 0 saturated carbocycles. The molecule has 0 spiro atoms. The van der Waals surface area contributed by atoms with E-state index in [9.17, 15) is 4.79 Å². The highest BCUT2D eigenvalue weighted by molar-refractivity contribution is 5.76. The molecule has 10 heteroatoms. The number of nitrogens with zero attached hydrogens (tertiary/aromatic N) is 6.